The molecule has 1 saturated heterocycles. The summed E-state index contributed by atoms with van der Waals surface area (Å²) >= 11 is 0. The highest BCUT2D eigenvalue weighted by atomic mass is 16.2. The van der Waals surface area contributed by atoms with E-state index in [1.807, 2.05) is 52.9 Å². The molecule has 1 fully saturated rings. The van der Waals surface area contributed by atoms with E-state index in [1.165, 1.54) is 0 Å². The summed E-state index contributed by atoms with van der Waals surface area (Å²) in [6, 6.07) is 11.9. The summed E-state index contributed by atoms with van der Waals surface area (Å²) in [5.41, 5.74) is 2.46. The summed E-state index contributed by atoms with van der Waals surface area (Å²) < 4.78 is 1.82. The molecule has 1 aliphatic heterocycles. The summed E-state index contributed by atoms with van der Waals surface area (Å²) in [4.78, 5) is 14.5. The molecule has 1 atom stereocenters. The van der Waals surface area contributed by atoms with Crippen LogP contribution in [-0.4, -0.2) is 46.3 Å². The van der Waals surface area contributed by atoms with Crippen LogP contribution in [-0.2, 0) is 0 Å². The molecule has 0 radical (unpaired) electrons. The van der Waals surface area contributed by atoms with Crippen molar-refractivity contribution in [3.63, 3.8) is 0 Å². The lowest BCUT2D eigenvalue weighted by molar-refractivity contribution is 0.0649. The maximum Gasteiger partial charge on any atom is 0.274 e. The lowest BCUT2D eigenvalue weighted by Crippen LogP contribution is -2.52. The number of aromatic nitrogens is 2. The second kappa shape index (κ2) is 5.69. The van der Waals surface area contributed by atoms with Crippen molar-refractivity contribution >= 4 is 5.91 Å². The van der Waals surface area contributed by atoms with Crippen LogP contribution < -0.4 is 5.32 Å². The highest BCUT2D eigenvalue weighted by molar-refractivity contribution is 5.92. The van der Waals surface area contributed by atoms with Gasteiger partial charge in [-0.05, 0) is 32.0 Å². The molecule has 0 bridgehead atoms. The number of piperazine rings is 1. The Balaban J connectivity index is 1.88. The first-order chi connectivity index (χ1) is 10.2. The standard InChI is InChI=1S/C16H20N4O/c1-12-10-15(16(21)19-9-8-17-11-13(19)2)18-20(12)14-6-4-3-5-7-14/h3-7,10,13,17H,8-9,11H2,1-2H3/t13-/m1/s1. The zero-order valence-electron chi connectivity index (χ0n) is 12.4. The van der Waals surface area contributed by atoms with Gasteiger partial charge in [-0.2, -0.15) is 5.10 Å². The molecular formula is C16H20N4O. The third kappa shape index (κ3) is 2.69. The number of amides is 1. The summed E-state index contributed by atoms with van der Waals surface area (Å²) in [6.07, 6.45) is 0. The Labute approximate surface area is 124 Å². The number of carbonyl (C=O) groups excluding carboxylic acids is 1. The van der Waals surface area contributed by atoms with Crippen LogP contribution in [0.3, 0.4) is 0 Å². The van der Waals surface area contributed by atoms with Crippen molar-refractivity contribution in [3.8, 4) is 5.69 Å². The van der Waals surface area contributed by atoms with Gasteiger partial charge in [0.2, 0.25) is 0 Å². The highest BCUT2D eigenvalue weighted by Gasteiger charge is 2.26. The van der Waals surface area contributed by atoms with Gasteiger partial charge in [0.05, 0.1) is 5.69 Å². The number of carbonyl (C=O) groups is 1. The molecule has 110 valence electrons. The molecule has 5 nitrogen and oxygen atoms in total. The Hall–Kier alpha value is -2.14. The molecule has 1 aromatic carbocycles. The lowest BCUT2D eigenvalue weighted by atomic mass is 10.2. The van der Waals surface area contributed by atoms with E-state index >= 15 is 0 Å². The van der Waals surface area contributed by atoms with Crippen molar-refractivity contribution in [2.45, 2.75) is 19.9 Å². The average Bonchev–Trinajstić information content (AvgIpc) is 2.90. The predicted octanol–water partition coefficient (Wildman–Crippen LogP) is 1.61. The zero-order chi connectivity index (χ0) is 14.8. The summed E-state index contributed by atoms with van der Waals surface area (Å²) in [6.45, 7) is 6.44. The SMILES string of the molecule is Cc1cc(C(=O)N2CCNC[C@H]2C)nn1-c1ccccc1. The monoisotopic (exact) mass is 284 g/mol. The van der Waals surface area contributed by atoms with Gasteiger partial charge in [-0.1, -0.05) is 18.2 Å². The second-order valence-corrected chi connectivity index (χ2v) is 5.47. The Morgan fingerprint density at radius 3 is 2.81 bits per heavy atom. The molecule has 2 aromatic rings. The van der Waals surface area contributed by atoms with Crippen molar-refractivity contribution in [2.24, 2.45) is 0 Å². The van der Waals surface area contributed by atoms with E-state index < -0.39 is 0 Å². The molecule has 1 aromatic heterocycles. The van der Waals surface area contributed by atoms with E-state index in [1.54, 1.807) is 0 Å². The van der Waals surface area contributed by atoms with Crippen LogP contribution in [0.15, 0.2) is 36.4 Å². The number of hydrogen-bond donors (Lipinski definition) is 1. The fraction of sp³-hybridized carbons (Fsp3) is 0.375. The van der Waals surface area contributed by atoms with Crippen LogP contribution in [0.2, 0.25) is 0 Å². The first-order valence-electron chi connectivity index (χ1n) is 7.30. The van der Waals surface area contributed by atoms with Crippen molar-refractivity contribution in [2.75, 3.05) is 19.6 Å². The molecule has 0 unspecified atom stereocenters. The molecule has 3 rings (SSSR count). The topological polar surface area (TPSA) is 50.2 Å². The molecule has 1 N–H and O–H groups in total. The van der Waals surface area contributed by atoms with Crippen molar-refractivity contribution < 1.29 is 4.79 Å². The van der Waals surface area contributed by atoms with Gasteiger partial charge in [-0.25, -0.2) is 4.68 Å². The van der Waals surface area contributed by atoms with Crippen LogP contribution in [0.4, 0.5) is 0 Å². The van der Waals surface area contributed by atoms with Gasteiger partial charge in [0.1, 0.15) is 0 Å². The number of hydrogen-bond acceptors (Lipinski definition) is 3. The van der Waals surface area contributed by atoms with E-state index in [0.717, 1.165) is 31.0 Å². The van der Waals surface area contributed by atoms with Crippen LogP contribution in [0.25, 0.3) is 5.69 Å². The largest absolute Gasteiger partial charge is 0.332 e. The van der Waals surface area contributed by atoms with Gasteiger partial charge in [0, 0.05) is 31.4 Å². The van der Waals surface area contributed by atoms with E-state index in [2.05, 4.69) is 17.3 Å². The van der Waals surface area contributed by atoms with Gasteiger partial charge in [0.15, 0.2) is 5.69 Å². The first kappa shape index (κ1) is 13.8. The molecular weight excluding hydrogens is 264 g/mol. The van der Waals surface area contributed by atoms with Crippen LogP contribution in [0.1, 0.15) is 23.1 Å². The molecule has 0 spiro atoms. The Bertz CT molecular complexity index is 635. The Morgan fingerprint density at radius 2 is 2.10 bits per heavy atom. The van der Waals surface area contributed by atoms with Crippen molar-refractivity contribution in [1.82, 2.24) is 20.0 Å². The molecule has 5 heteroatoms. The Morgan fingerprint density at radius 1 is 1.33 bits per heavy atom. The van der Waals surface area contributed by atoms with E-state index in [0.29, 0.717) is 5.69 Å². The molecule has 2 heterocycles. The van der Waals surface area contributed by atoms with E-state index in [4.69, 9.17) is 0 Å². The van der Waals surface area contributed by atoms with E-state index in [-0.39, 0.29) is 11.9 Å². The molecule has 0 aliphatic carbocycles. The summed E-state index contributed by atoms with van der Waals surface area (Å²) in [5, 5.41) is 7.79. The van der Waals surface area contributed by atoms with Crippen LogP contribution >= 0.6 is 0 Å². The average molecular weight is 284 g/mol. The maximum atomic E-state index is 12.6. The first-order valence-corrected chi connectivity index (χ1v) is 7.30. The number of para-hydroxylation sites is 1. The molecule has 21 heavy (non-hydrogen) atoms. The smallest absolute Gasteiger partial charge is 0.274 e. The number of aryl methyl sites for hydroxylation is 1. The van der Waals surface area contributed by atoms with Crippen LogP contribution in [0.5, 0.6) is 0 Å². The predicted molar refractivity (Wildman–Crippen MR) is 81.7 cm³/mol. The van der Waals surface area contributed by atoms with Gasteiger partial charge >= 0.3 is 0 Å². The summed E-state index contributed by atoms with van der Waals surface area (Å²) in [5.74, 6) is 0.0155. The number of rotatable bonds is 2. The van der Waals surface area contributed by atoms with Gasteiger partial charge in [-0.3, -0.25) is 4.79 Å². The van der Waals surface area contributed by atoms with Gasteiger partial charge in [-0.15, -0.1) is 0 Å². The maximum absolute atomic E-state index is 12.6. The fourth-order valence-electron chi connectivity index (χ4n) is 2.70. The van der Waals surface area contributed by atoms with Gasteiger partial charge < -0.3 is 10.2 Å². The fourth-order valence-corrected chi connectivity index (χ4v) is 2.70. The quantitative estimate of drug-likeness (QED) is 0.911. The normalized spacial score (nSPS) is 18.8. The minimum absolute atomic E-state index is 0.0155. The van der Waals surface area contributed by atoms with Crippen molar-refractivity contribution in [1.29, 1.82) is 0 Å². The van der Waals surface area contributed by atoms with Crippen molar-refractivity contribution in [3.05, 3.63) is 47.8 Å². The summed E-state index contributed by atoms with van der Waals surface area (Å²) in [7, 11) is 0. The second-order valence-electron chi connectivity index (χ2n) is 5.47. The molecule has 1 amide bonds. The van der Waals surface area contributed by atoms with E-state index in [9.17, 15) is 4.79 Å². The zero-order valence-corrected chi connectivity index (χ0v) is 12.4. The third-order valence-corrected chi connectivity index (χ3v) is 3.87. The number of nitrogens with one attached hydrogen (secondary N) is 1. The lowest BCUT2D eigenvalue weighted by Gasteiger charge is -2.33. The third-order valence-electron chi connectivity index (χ3n) is 3.87. The van der Waals surface area contributed by atoms with Crippen LogP contribution in [0, 0.1) is 6.92 Å². The number of benzene rings is 1. The Kier molecular flexibility index (Phi) is 3.75. The highest BCUT2D eigenvalue weighted by Crippen LogP contribution is 2.15. The molecule has 1 aliphatic rings. The molecule has 0 saturated carbocycles. The number of nitrogens with zero attached hydrogens (tertiary/aromatic N) is 3. The minimum atomic E-state index is 0.0155. The van der Waals surface area contributed by atoms with Gasteiger partial charge in [0.25, 0.3) is 5.91 Å². The minimum Gasteiger partial charge on any atom is -0.332 e.